The molecule has 21 heavy (non-hydrogen) atoms. The normalized spacial score (nSPS) is 9.86. The van der Waals surface area contributed by atoms with Crippen molar-refractivity contribution < 1.29 is 9.18 Å². The van der Waals surface area contributed by atoms with Crippen LogP contribution >= 0.6 is 24.8 Å². The molecule has 0 aliphatic carbocycles. The lowest BCUT2D eigenvalue weighted by molar-refractivity contribution is -0.120. The Morgan fingerprint density at radius 3 is 2.71 bits per heavy atom. The lowest BCUT2D eigenvalue weighted by Gasteiger charge is -2.05. The van der Waals surface area contributed by atoms with Crippen LogP contribution in [0.15, 0.2) is 18.2 Å². The molecule has 0 aliphatic rings. The number of fused-ring (bicyclic) bond motifs is 1. The monoisotopic (exact) mass is 336 g/mol. The first-order chi connectivity index (χ1) is 9.13. The fourth-order valence-electron chi connectivity index (χ4n) is 1.99. The zero-order chi connectivity index (χ0) is 13.8. The summed E-state index contributed by atoms with van der Waals surface area (Å²) >= 11 is 0. The summed E-state index contributed by atoms with van der Waals surface area (Å²) in [6.45, 7) is 0.774. The van der Waals surface area contributed by atoms with Gasteiger partial charge >= 0.3 is 0 Å². The van der Waals surface area contributed by atoms with Crippen LogP contribution in [0.4, 0.5) is 4.39 Å². The number of aryl methyl sites for hydroxylation is 1. The summed E-state index contributed by atoms with van der Waals surface area (Å²) in [5.74, 6) is 0.371. The number of halogens is 3. The molecule has 0 spiro atoms. The summed E-state index contributed by atoms with van der Waals surface area (Å²) in [5.41, 5.74) is 1.14. The predicted octanol–water partition coefficient (Wildman–Crippen LogP) is 1.43. The fraction of sp³-hybridized carbons (Fsp3) is 0.385. The van der Waals surface area contributed by atoms with Gasteiger partial charge in [-0.3, -0.25) is 4.79 Å². The molecule has 1 aromatic heterocycles. The highest BCUT2D eigenvalue weighted by Gasteiger charge is 2.10. The third-order valence-corrected chi connectivity index (χ3v) is 2.96. The molecule has 2 N–H and O–H groups in total. The molecule has 0 aliphatic heterocycles. The van der Waals surface area contributed by atoms with Gasteiger partial charge in [-0.2, -0.15) is 0 Å². The largest absolute Gasteiger partial charge is 0.355 e. The van der Waals surface area contributed by atoms with Gasteiger partial charge in [0.15, 0.2) is 5.82 Å². The van der Waals surface area contributed by atoms with Gasteiger partial charge in [0.2, 0.25) is 5.91 Å². The maximum atomic E-state index is 13.6. The van der Waals surface area contributed by atoms with Crippen LogP contribution in [0.2, 0.25) is 0 Å². The molecule has 2 rings (SSSR count). The lowest BCUT2D eigenvalue weighted by Crippen LogP contribution is -2.33. The van der Waals surface area contributed by atoms with E-state index < -0.39 is 0 Å². The molecule has 0 saturated carbocycles. The fourth-order valence-corrected chi connectivity index (χ4v) is 1.99. The van der Waals surface area contributed by atoms with E-state index in [1.54, 1.807) is 13.1 Å². The highest BCUT2D eigenvalue weighted by atomic mass is 35.5. The van der Waals surface area contributed by atoms with E-state index in [9.17, 15) is 9.18 Å². The number of hydrogen-bond acceptors (Lipinski definition) is 3. The van der Waals surface area contributed by atoms with Gasteiger partial charge in [-0.05, 0) is 19.2 Å². The number of carbonyl (C=O) groups is 1. The zero-order valence-electron chi connectivity index (χ0n) is 11.9. The molecule has 8 heteroatoms. The average Bonchev–Trinajstić information content (AvgIpc) is 2.69. The molecule has 1 aromatic carbocycles. The third-order valence-electron chi connectivity index (χ3n) is 2.96. The van der Waals surface area contributed by atoms with Gasteiger partial charge in [-0.1, -0.05) is 6.07 Å². The average molecular weight is 337 g/mol. The van der Waals surface area contributed by atoms with Crippen LogP contribution in [-0.2, 0) is 18.3 Å². The first-order valence-corrected chi connectivity index (χ1v) is 6.14. The zero-order valence-corrected chi connectivity index (χ0v) is 13.5. The number of imidazole rings is 1. The number of nitrogens with one attached hydrogen (secondary N) is 2. The van der Waals surface area contributed by atoms with Gasteiger partial charge in [0, 0.05) is 20.0 Å². The topological polar surface area (TPSA) is 59.0 Å². The molecule has 118 valence electrons. The summed E-state index contributed by atoms with van der Waals surface area (Å²) in [4.78, 5) is 15.6. The molecular weight excluding hydrogens is 318 g/mol. The highest BCUT2D eigenvalue weighted by molar-refractivity contribution is 5.85. The van der Waals surface area contributed by atoms with E-state index in [1.165, 1.54) is 6.07 Å². The highest BCUT2D eigenvalue weighted by Crippen LogP contribution is 2.17. The van der Waals surface area contributed by atoms with Gasteiger partial charge in [-0.25, -0.2) is 9.37 Å². The van der Waals surface area contributed by atoms with Crippen molar-refractivity contribution in [1.29, 1.82) is 0 Å². The number of rotatable bonds is 5. The molecule has 1 heterocycles. The van der Waals surface area contributed by atoms with Crippen LogP contribution in [0.25, 0.3) is 11.0 Å². The third kappa shape index (κ3) is 4.56. The lowest BCUT2D eigenvalue weighted by atomic mass is 10.3. The molecule has 0 bridgehead atoms. The first-order valence-electron chi connectivity index (χ1n) is 6.14. The van der Waals surface area contributed by atoms with Gasteiger partial charge in [0.1, 0.15) is 11.3 Å². The Morgan fingerprint density at radius 1 is 1.38 bits per heavy atom. The Labute approximate surface area is 135 Å². The van der Waals surface area contributed by atoms with E-state index in [0.29, 0.717) is 18.5 Å². The number of benzene rings is 1. The van der Waals surface area contributed by atoms with Crippen LogP contribution in [-0.4, -0.2) is 35.6 Å². The smallest absolute Gasteiger partial charge is 0.233 e. The second-order valence-electron chi connectivity index (χ2n) is 4.32. The van der Waals surface area contributed by atoms with Crippen molar-refractivity contribution in [3.8, 4) is 0 Å². The molecule has 0 fully saturated rings. The summed E-state index contributed by atoms with van der Waals surface area (Å²) in [6.07, 6.45) is 0.570. The first kappa shape index (κ1) is 19.6. The van der Waals surface area contributed by atoms with Crippen molar-refractivity contribution in [2.75, 3.05) is 20.1 Å². The molecule has 0 unspecified atom stereocenters. The SMILES string of the molecule is CNCC(=O)NCCc1nc2c(F)cccc2n1C.Cl.Cl. The Kier molecular flexibility index (Phi) is 8.24. The molecule has 0 saturated heterocycles. The van der Waals surface area contributed by atoms with Crippen LogP contribution in [0.1, 0.15) is 5.82 Å². The van der Waals surface area contributed by atoms with Gasteiger partial charge in [-0.15, -0.1) is 24.8 Å². The number of amides is 1. The van der Waals surface area contributed by atoms with E-state index in [2.05, 4.69) is 15.6 Å². The minimum absolute atomic E-state index is 0. The second kappa shape index (κ2) is 8.81. The number of nitrogens with zero attached hydrogens (tertiary/aromatic N) is 2. The molecule has 0 radical (unpaired) electrons. The molecule has 1 amide bonds. The Hall–Kier alpha value is -1.37. The van der Waals surface area contributed by atoms with Crippen molar-refractivity contribution in [2.24, 2.45) is 7.05 Å². The van der Waals surface area contributed by atoms with Gasteiger partial charge in [0.05, 0.1) is 12.1 Å². The quantitative estimate of drug-likeness (QED) is 0.868. The van der Waals surface area contributed by atoms with E-state index in [4.69, 9.17) is 0 Å². The van der Waals surface area contributed by atoms with Crippen LogP contribution in [0.3, 0.4) is 0 Å². The predicted molar refractivity (Wildman–Crippen MR) is 85.8 cm³/mol. The number of aromatic nitrogens is 2. The van der Waals surface area contributed by atoms with Crippen molar-refractivity contribution >= 4 is 41.8 Å². The molecular formula is C13H19Cl2FN4O. The molecule has 5 nitrogen and oxygen atoms in total. The number of likely N-dealkylation sites (N-methyl/N-ethyl adjacent to an activating group) is 1. The van der Waals surface area contributed by atoms with Crippen LogP contribution in [0.5, 0.6) is 0 Å². The van der Waals surface area contributed by atoms with Gasteiger partial charge in [0.25, 0.3) is 0 Å². The van der Waals surface area contributed by atoms with E-state index >= 15 is 0 Å². The van der Waals surface area contributed by atoms with E-state index in [1.807, 2.05) is 17.7 Å². The number of carbonyl (C=O) groups excluding carboxylic acids is 1. The Morgan fingerprint density at radius 2 is 2.10 bits per heavy atom. The molecule has 2 aromatic rings. The second-order valence-corrected chi connectivity index (χ2v) is 4.32. The van der Waals surface area contributed by atoms with Crippen LogP contribution in [0, 0.1) is 5.82 Å². The van der Waals surface area contributed by atoms with Crippen LogP contribution < -0.4 is 10.6 Å². The van der Waals surface area contributed by atoms with Crippen molar-refractivity contribution in [3.63, 3.8) is 0 Å². The standard InChI is InChI=1S/C13H17FN4O.2ClH/c1-15-8-12(19)16-7-6-11-17-13-9(14)4-3-5-10(13)18(11)2;;/h3-5,15H,6-8H2,1-2H3,(H,16,19);2*1H. The summed E-state index contributed by atoms with van der Waals surface area (Å²) in [6, 6.07) is 4.89. The summed E-state index contributed by atoms with van der Waals surface area (Å²) < 4.78 is 15.4. The van der Waals surface area contributed by atoms with E-state index in [-0.39, 0.29) is 43.1 Å². The minimum atomic E-state index is -0.321. The number of para-hydroxylation sites is 1. The minimum Gasteiger partial charge on any atom is -0.355 e. The summed E-state index contributed by atoms with van der Waals surface area (Å²) in [7, 11) is 3.56. The Balaban J connectivity index is 0.00000200. The number of hydrogen-bond donors (Lipinski definition) is 2. The van der Waals surface area contributed by atoms with Crippen molar-refractivity contribution in [3.05, 3.63) is 29.8 Å². The molecule has 0 atom stereocenters. The summed E-state index contributed by atoms with van der Waals surface area (Å²) in [5, 5.41) is 5.54. The Bertz CT molecular complexity index is 603. The maximum Gasteiger partial charge on any atom is 0.233 e. The van der Waals surface area contributed by atoms with Crippen molar-refractivity contribution in [2.45, 2.75) is 6.42 Å². The van der Waals surface area contributed by atoms with Gasteiger partial charge < -0.3 is 15.2 Å². The van der Waals surface area contributed by atoms with Crippen molar-refractivity contribution in [1.82, 2.24) is 20.2 Å². The maximum absolute atomic E-state index is 13.6. The van der Waals surface area contributed by atoms with E-state index in [0.717, 1.165) is 11.3 Å².